The Morgan fingerprint density at radius 2 is 1.73 bits per heavy atom. The number of nitrogens with zero attached hydrogens (tertiary/aromatic N) is 1. The average Bonchev–Trinajstić information content (AvgIpc) is 3.47. The Bertz CT molecular complexity index is 1270. The summed E-state index contributed by atoms with van der Waals surface area (Å²) in [7, 11) is 0. The molecule has 1 N–H and O–H groups in total. The molecule has 0 aliphatic carbocycles. The van der Waals surface area contributed by atoms with E-state index in [1.807, 2.05) is 48.5 Å². The molecule has 3 aromatic carbocycles. The number of aromatic hydroxyl groups is 1. The van der Waals surface area contributed by atoms with Crippen molar-refractivity contribution in [1.29, 1.82) is 0 Å². The van der Waals surface area contributed by atoms with Gasteiger partial charge in [0.15, 0.2) is 5.78 Å². The van der Waals surface area contributed by atoms with Crippen molar-refractivity contribution in [3.8, 4) is 21.9 Å². The fraction of sp³-hybridized carbons (Fsp3) is 0.250. The van der Waals surface area contributed by atoms with E-state index in [1.165, 1.54) is 12.8 Å². The van der Waals surface area contributed by atoms with E-state index in [-0.39, 0.29) is 11.5 Å². The van der Waals surface area contributed by atoms with Gasteiger partial charge in [-0.1, -0.05) is 12.1 Å². The molecule has 1 aliphatic heterocycles. The number of thiophene rings is 1. The monoisotopic (exact) mass is 457 g/mol. The van der Waals surface area contributed by atoms with Crippen molar-refractivity contribution in [1.82, 2.24) is 4.90 Å². The molecule has 0 unspecified atom stereocenters. The predicted octanol–water partition coefficient (Wildman–Crippen LogP) is 6.29. The average molecular weight is 458 g/mol. The minimum Gasteiger partial charge on any atom is -0.508 e. The maximum absolute atomic E-state index is 13.7. The van der Waals surface area contributed by atoms with E-state index in [0.29, 0.717) is 17.7 Å². The topological polar surface area (TPSA) is 49.8 Å². The molecule has 0 bridgehead atoms. The van der Waals surface area contributed by atoms with Gasteiger partial charge < -0.3 is 9.84 Å². The Morgan fingerprint density at radius 3 is 2.45 bits per heavy atom. The first-order valence-corrected chi connectivity index (χ1v) is 12.2. The van der Waals surface area contributed by atoms with Gasteiger partial charge in [-0.15, -0.1) is 11.3 Å². The van der Waals surface area contributed by atoms with Crippen LogP contribution in [0.1, 0.15) is 34.3 Å². The van der Waals surface area contributed by atoms with Crippen molar-refractivity contribution in [2.45, 2.75) is 19.8 Å². The number of hydrogen-bond donors (Lipinski definition) is 1. The fourth-order valence-corrected chi connectivity index (χ4v) is 5.69. The normalized spacial score (nSPS) is 14.1. The summed E-state index contributed by atoms with van der Waals surface area (Å²) in [6.07, 6.45) is 2.56. The molecular weight excluding hydrogens is 430 g/mol. The van der Waals surface area contributed by atoms with Crippen LogP contribution in [0.3, 0.4) is 0 Å². The summed E-state index contributed by atoms with van der Waals surface area (Å²) in [5.74, 6) is 0.996. The second-order valence-electron chi connectivity index (χ2n) is 8.60. The number of likely N-dealkylation sites (tertiary alicyclic amines) is 1. The lowest BCUT2D eigenvalue weighted by Gasteiger charge is -2.15. The van der Waals surface area contributed by atoms with Gasteiger partial charge in [-0.2, -0.15) is 0 Å². The highest BCUT2D eigenvalue weighted by Crippen LogP contribution is 2.40. The van der Waals surface area contributed by atoms with Gasteiger partial charge >= 0.3 is 0 Å². The Balaban J connectivity index is 1.42. The van der Waals surface area contributed by atoms with Crippen LogP contribution in [0, 0.1) is 6.92 Å². The Hall–Kier alpha value is -3.15. The Morgan fingerprint density at radius 1 is 1.00 bits per heavy atom. The van der Waals surface area contributed by atoms with Crippen LogP contribution >= 0.6 is 11.3 Å². The van der Waals surface area contributed by atoms with E-state index >= 15 is 0 Å². The second kappa shape index (κ2) is 9.38. The van der Waals surface area contributed by atoms with Gasteiger partial charge in [-0.05, 0) is 98.6 Å². The molecule has 0 atom stereocenters. The quantitative estimate of drug-likeness (QED) is 0.332. The van der Waals surface area contributed by atoms with Crippen LogP contribution in [0.2, 0.25) is 0 Å². The standard InChI is InChI=1S/C28H27NO3S/c1-19-4-13-24-25(18-19)33-28(21-5-9-22(30)10-6-21)26(24)27(31)20-7-11-23(12-8-20)32-17-16-29-14-2-3-15-29/h4-13,18,30H,2-3,14-17H2,1H3. The van der Waals surface area contributed by atoms with Gasteiger partial charge in [0, 0.05) is 32.6 Å². The van der Waals surface area contributed by atoms with E-state index in [1.54, 1.807) is 23.5 Å². The smallest absolute Gasteiger partial charge is 0.195 e. The van der Waals surface area contributed by atoms with Crippen molar-refractivity contribution in [3.63, 3.8) is 0 Å². The molecule has 168 valence electrons. The lowest BCUT2D eigenvalue weighted by Crippen LogP contribution is -2.25. The summed E-state index contributed by atoms with van der Waals surface area (Å²) in [6.45, 7) is 5.98. The highest BCUT2D eigenvalue weighted by Gasteiger charge is 2.22. The Kier molecular flexibility index (Phi) is 6.16. The third-order valence-corrected chi connectivity index (χ3v) is 7.40. The first-order valence-electron chi connectivity index (χ1n) is 11.4. The number of carbonyl (C=O) groups is 1. The second-order valence-corrected chi connectivity index (χ2v) is 9.66. The first-order chi connectivity index (χ1) is 16.1. The highest BCUT2D eigenvalue weighted by molar-refractivity contribution is 7.22. The molecular formula is C28H27NO3S. The molecule has 4 aromatic rings. The van der Waals surface area contributed by atoms with Crippen LogP contribution in [-0.4, -0.2) is 42.0 Å². The van der Waals surface area contributed by atoms with Gasteiger partial charge in [0.1, 0.15) is 18.1 Å². The number of ketones is 1. The third kappa shape index (κ3) is 4.65. The van der Waals surface area contributed by atoms with Crippen molar-refractivity contribution in [3.05, 3.63) is 83.4 Å². The van der Waals surface area contributed by atoms with E-state index < -0.39 is 0 Å². The third-order valence-electron chi connectivity index (χ3n) is 6.19. The van der Waals surface area contributed by atoms with Gasteiger partial charge in [-0.3, -0.25) is 9.69 Å². The van der Waals surface area contributed by atoms with Crippen molar-refractivity contribution in [2.24, 2.45) is 0 Å². The van der Waals surface area contributed by atoms with Gasteiger partial charge in [0.05, 0.1) is 0 Å². The number of phenolic OH excluding ortho intramolecular Hbond substituents is 1. The van der Waals surface area contributed by atoms with E-state index in [0.717, 1.165) is 51.5 Å². The molecule has 0 saturated carbocycles. The molecule has 5 rings (SSSR count). The molecule has 4 nitrogen and oxygen atoms in total. The molecule has 0 radical (unpaired) electrons. The molecule has 1 aromatic heterocycles. The molecule has 5 heteroatoms. The molecule has 33 heavy (non-hydrogen) atoms. The summed E-state index contributed by atoms with van der Waals surface area (Å²) in [5.41, 5.74) is 3.44. The minimum atomic E-state index is -0.00297. The lowest BCUT2D eigenvalue weighted by atomic mass is 9.97. The zero-order valence-corrected chi connectivity index (χ0v) is 19.5. The van der Waals surface area contributed by atoms with Crippen LogP contribution in [0.25, 0.3) is 20.5 Å². The molecule has 1 aliphatic rings. The number of benzene rings is 3. The summed E-state index contributed by atoms with van der Waals surface area (Å²) in [5, 5.41) is 10.7. The summed E-state index contributed by atoms with van der Waals surface area (Å²) in [4.78, 5) is 17.0. The van der Waals surface area contributed by atoms with E-state index in [9.17, 15) is 9.90 Å². The number of aryl methyl sites for hydroxylation is 1. The largest absolute Gasteiger partial charge is 0.508 e. The van der Waals surface area contributed by atoms with Crippen LogP contribution in [-0.2, 0) is 0 Å². The maximum atomic E-state index is 13.7. The van der Waals surface area contributed by atoms with Crippen LogP contribution in [0.5, 0.6) is 11.5 Å². The molecule has 2 heterocycles. The lowest BCUT2D eigenvalue weighted by molar-refractivity contribution is 0.104. The SMILES string of the molecule is Cc1ccc2c(C(=O)c3ccc(OCCN4CCCC4)cc3)c(-c3ccc(O)cc3)sc2c1. The van der Waals surface area contributed by atoms with Gasteiger partial charge in [0.2, 0.25) is 0 Å². The van der Waals surface area contributed by atoms with Crippen LogP contribution < -0.4 is 4.74 Å². The zero-order chi connectivity index (χ0) is 22.8. The number of fused-ring (bicyclic) bond motifs is 1. The maximum Gasteiger partial charge on any atom is 0.195 e. The fourth-order valence-electron chi connectivity index (χ4n) is 4.39. The van der Waals surface area contributed by atoms with Crippen molar-refractivity contribution in [2.75, 3.05) is 26.2 Å². The highest BCUT2D eigenvalue weighted by atomic mass is 32.1. The zero-order valence-electron chi connectivity index (χ0n) is 18.7. The van der Waals surface area contributed by atoms with Crippen molar-refractivity contribution < 1.29 is 14.6 Å². The number of ether oxygens (including phenoxy) is 1. The summed E-state index contributed by atoms with van der Waals surface area (Å²) >= 11 is 1.61. The van der Waals surface area contributed by atoms with Crippen LogP contribution in [0.4, 0.5) is 0 Å². The summed E-state index contributed by atoms with van der Waals surface area (Å²) < 4.78 is 6.99. The van der Waals surface area contributed by atoms with Crippen LogP contribution in [0.15, 0.2) is 66.7 Å². The number of phenols is 1. The molecule has 0 spiro atoms. The Labute approximate surface area is 198 Å². The van der Waals surface area contributed by atoms with Crippen molar-refractivity contribution >= 4 is 27.2 Å². The molecule has 1 fully saturated rings. The predicted molar refractivity (Wildman–Crippen MR) is 135 cm³/mol. The minimum absolute atomic E-state index is 0.00297. The number of carbonyl (C=O) groups excluding carboxylic acids is 1. The number of rotatable bonds is 7. The van der Waals surface area contributed by atoms with E-state index in [2.05, 4.69) is 17.9 Å². The van der Waals surface area contributed by atoms with E-state index in [4.69, 9.17) is 4.74 Å². The summed E-state index contributed by atoms with van der Waals surface area (Å²) in [6, 6.07) is 20.7. The molecule has 1 saturated heterocycles. The first kappa shape index (κ1) is 21.7. The number of hydrogen-bond acceptors (Lipinski definition) is 5. The van der Waals surface area contributed by atoms with Gasteiger partial charge in [0.25, 0.3) is 0 Å². The van der Waals surface area contributed by atoms with Gasteiger partial charge in [-0.25, -0.2) is 0 Å². The molecule has 0 amide bonds.